The lowest BCUT2D eigenvalue weighted by atomic mass is 10.1. The van der Waals surface area contributed by atoms with E-state index in [1.165, 1.54) is 12.1 Å². The molecule has 0 saturated heterocycles. The van der Waals surface area contributed by atoms with Crippen LogP contribution in [0.3, 0.4) is 0 Å². The quantitative estimate of drug-likeness (QED) is 0.733. The Bertz CT molecular complexity index is 642. The predicted molar refractivity (Wildman–Crippen MR) is 85.5 cm³/mol. The van der Waals surface area contributed by atoms with Crippen LogP contribution in [0.5, 0.6) is 0 Å². The van der Waals surface area contributed by atoms with Crippen LogP contribution in [0.2, 0.25) is 0 Å². The average Bonchev–Trinajstić information content (AvgIpc) is 2.49. The van der Waals surface area contributed by atoms with E-state index < -0.39 is 5.82 Å². The van der Waals surface area contributed by atoms with Gasteiger partial charge < -0.3 is 4.90 Å². The molecule has 0 radical (unpaired) electrons. The summed E-state index contributed by atoms with van der Waals surface area (Å²) in [6.45, 7) is 4.44. The van der Waals surface area contributed by atoms with Crippen molar-refractivity contribution in [3.05, 3.63) is 82.6 Å². The van der Waals surface area contributed by atoms with Gasteiger partial charge in [-0.1, -0.05) is 52.3 Å². The Morgan fingerprint density at radius 1 is 1.24 bits per heavy atom. The summed E-state index contributed by atoms with van der Waals surface area (Å²) in [6, 6.07) is 13.9. The molecule has 2 rings (SSSR count). The Kier molecular flexibility index (Phi) is 5.28. The minimum atomic E-state index is -0.523. The second kappa shape index (κ2) is 7.18. The van der Waals surface area contributed by atoms with Gasteiger partial charge in [0.25, 0.3) is 5.91 Å². The van der Waals surface area contributed by atoms with E-state index in [0.29, 0.717) is 17.6 Å². The molecular formula is C17H15BrFNO. The highest BCUT2D eigenvalue weighted by molar-refractivity contribution is 9.10. The molecule has 0 atom stereocenters. The second-order valence-corrected chi connectivity index (χ2v) is 5.50. The van der Waals surface area contributed by atoms with Crippen LogP contribution in [0.4, 0.5) is 4.39 Å². The van der Waals surface area contributed by atoms with Gasteiger partial charge in [0.2, 0.25) is 0 Å². The molecule has 2 aromatic carbocycles. The van der Waals surface area contributed by atoms with E-state index in [4.69, 9.17) is 0 Å². The van der Waals surface area contributed by atoms with E-state index in [1.807, 2.05) is 30.3 Å². The van der Waals surface area contributed by atoms with Crippen molar-refractivity contribution >= 4 is 21.8 Å². The van der Waals surface area contributed by atoms with Gasteiger partial charge >= 0.3 is 0 Å². The lowest BCUT2D eigenvalue weighted by molar-refractivity contribution is 0.0758. The van der Waals surface area contributed by atoms with Crippen LogP contribution in [0.1, 0.15) is 15.9 Å². The van der Waals surface area contributed by atoms with Gasteiger partial charge in [-0.05, 0) is 23.8 Å². The van der Waals surface area contributed by atoms with E-state index in [2.05, 4.69) is 22.5 Å². The first kappa shape index (κ1) is 15.4. The van der Waals surface area contributed by atoms with Crippen LogP contribution in [-0.2, 0) is 6.54 Å². The molecule has 0 aliphatic heterocycles. The minimum absolute atomic E-state index is 0.0576. The molecule has 0 saturated carbocycles. The topological polar surface area (TPSA) is 20.3 Å². The summed E-state index contributed by atoms with van der Waals surface area (Å²) < 4.78 is 14.5. The summed E-state index contributed by atoms with van der Waals surface area (Å²) in [5.74, 6) is -0.872. The number of carbonyl (C=O) groups excluding carboxylic acids is 1. The molecular weight excluding hydrogens is 333 g/mol. The molecule has 0 N–H and O–H groups in total. The van der Waals surface area contributed by atoms with Crippen molar-refractivity contribution in [1.29, 1.82) is 0 Å². The Hall–Kier alpha value is -1.94. The summed E-state index contributed by atoms with van der Waals surface area (Å²) >= 11 is 3.26. The zero-order valence-corrected chi connectivity index (χ0v) is 13.0. The Morgan fingerprint density at radius 3 is 2.62 bits per heavy atom. The van der Waals surface area contributed by atoms with E-state index in [-0.39, 0.29) is 11.5 Å². The first-order valence-electron chi connectivity index (χ1n) is 6.51. The van der Waals surface area contributed by atoms with E-state index in [9.17, 15) is 9.18 Å². The van der Waals surface area contributed by atoms with Gasteiger partial charge in [0.05, 0.1) is 5.56 Å². The van der Waals surface area contributed by atoms with E-state index in [1.54, 1.807) is 17.0 Å². The van der Waals surface area contributed by atoms with Crippen molar-refractivity contribution in [2.75, 3.05) is 6.54 Å². The maximum absolute atomic E-state index is 13.9. The third kappa shape index (κ3) is 4.02. The molecule has 4 heteroatoms. The van der Waals surface area contributed by atoms with Crippen LogP contribution in [0.25, 0.3) is 0 Å². The van der Waals surface area contributed by atoms with Crippen molar-refractivity contribution in [2.24, 2.45) is 0 Å². The zero-order chi connectivity index (χ0) is 15.2. The summed E-state index contributed by atoms with van der Waals surface area (Å²) in [7, 11) is 0. The fourth-order valence-corrected chi connectivity index (χ4v) is 2.37. The number of halogens is 2. The van der Waals surface area contributed by atoms with Crippen LogP contribution in [0.15, 0.2) is 65.7 Å². The van der Waals surface area contributed by atoms with Gasteiger partial charge in [0, 0.05) is 17.6 Å². The largest absolute Gasteiger partial charge is 0.331 e. The number of carbonyl (C=O) groups is 1. The zero-order valence-electron chi connectivity index (χ0n) is 11.4. The third-order valence-corrected chi connectivity index (χ3v) is 3.51. The number of nitrogens with zero attached hydrogens (tertiary/aromatic N) is 1. The molecule has 2 aromatic rings. The molecule has 0 aromatic heterocycles. The molecule has 0 aliphatic rings. The van der Waals surface area contributed by atoms with Crippen LogP contribution < -0.4 is 0 Å². The lowest BCUT2D eigenvalue weighted by Crippen LogP contribution is -2.31. The van der Waals surface area contributed by atoms with Crippen molar-refractivity contribution in [1.82, 2.24) is 4.90 Å². The Morgan fingerprint density at radius 2 is 1.95 bits per heavy atom. The molecule has 21 heavy (non-hydrogen) atoms. The standard InChI is InChI=1S/C17H15BrFNO/c1-2-10-20(12-13-6-4-3-5-7-13)17(21)15-11-14(18)8-9-16(15)19/h2-9,11H,1,10,12H2. The van der Waals surface area contributed by atoms with Gasteiger partial charge in [-0.3, -0.25) is 4.79 Å². The van der Waals surface area contributed by atoms with Gasteiger partial charge in [-0.15, -0.1) is 6.58 Å². The Balaban J connectivity index is 2.27. The third-order valence-electron chi connectivity index (χ3n) is 3.01. The number of hydrogen-bond acceptors (Lipinski definition) is 1. The van der Waals surface area contributed by atoms with Crippen molar-refractivity contribution in [3.8, 4) is 0 Å². The summed E-state index contributed by atoms with van der Waals surface area (Å²) in [4.78, 5) is 14.1. The minimum Gasteiger partial charge on any atom is -0.331 e. The normalized spacial score (nSPS) is 10.2. The van der Waals surface area contributed by atoms with Crippen LogP contribution >= 0.6 is 15.9 Å². The van der Waals surface area contributed by atoms with Crippen LogP contribution in [-0.4, -0.2) is 17.4 Å². The molecule has 2 nitrogen and oxygen atoms in total. The van der Waals surface area contributed by atoms with Gasteiger partial charge in [0.15, 0.2) is 0 Å². The highest BCUT2D eigenvalue weighted by Crippen LogP contribution is 2.18. The van der Waals surface area contributed by atoms with Crippen molar-refractivity contribution in [2.45, 2.75) is 6.54 Å². The molecule has 0 heterocycles. The van der Waals surface area contributed by atoms with Gasteiger partial charge in [-0.25, -0.2) is 4.39 Å². The molecule has 108 valence electrons. The van der Waals surface area contributed by atoms with Gasteiger partial charge in [0.1, 0.15) is 5.82 Å². The van der Waals surface area contributed by atoms with E-state index >= 15 is 0 Å². The molecule has 0 spiro atoms. The molecule has 0 unspecified atom stereocenters. The van der Waals surface area contributed by atoms with E-state index in [0.717, 1.165) is 5.56 Å². The Labute approximate surface area is 132 Å². The highest BCUT2D eigenvalue weighted by Gasteiger charge is 2.19. The number of amides is 1. The van der Waals surface area contributed by atoms with Crippen molar-refractivity contribution in [3.63, 3.8) is 0 Å². The number of hydrogen-bond donors (Lipinski definition) is 0. The maximum atomic E-state index is 13.9. The SMILES string of the molecule is C=CCN(Cc1ccccc1)C(=O)c1cc(Br)ccc1F. The number of benzene rings is 2. The highest BCUT2D eigenvalue weighted by atomic mass is 79.9. The molecule has 0 aliphatic carbocycles. The fourth-order valence-electron chi connectivity index (χ4n) is 2.01. The maximum Gasteiger partial charge on any atom is 0.257 e. The smallest absolute Gasteiger partial charge is 0.257 e. The molecule has 0 bridgehead atoms. The van der Waals surface area contributed by atoms with Crippen LogP contribution in [0, 0.1) is 5.82 Å². The second-order valence-electron chi connectivity index (χ2n) is 4.58. The molecule has 0 fully saturated rings. The number of rotatable bonds is 5. The first-order chi connectivity index (χ1) is 10.1. The summed E-state index contributed by atoms with van der Waals surface area (Å²) in [5.41, 5.74) is 1.05. The fraction of sp³-hybridized carbons (Fsp3) is 0.118. The summed E-state index contributed by atoms with van der Waals surface area (Å²) in [6.07, 6.45) is 1.64. The summed E-state index contributed by atoms with van der Waals surface area (Å²) in [5, 5.41) is 0. The van der Waals surface area contributed by atoms with Gasteiger partial charge in [-0.2, -0.15) is 0 Å². The average molecular weight is 348 g/mol. The molecule has 1 amide bonds. The lowest BCUT2D eigenvalue weighted by Gasteiger charge is -2.21. The first-order valence-corrected chi connectivity index (χ1v) is 7.30. The monoisotopic (exact) mass is 347 g/mol. The van der Waals surface area contributed by atoms with Crippen molar-refractivity contribution < 1.29 is 9.18 Å². The predicted octanol–water partition coefficient (Wildman–Crippen LogP) is 4.42.